The number of amides is 1. The molecule has 0 saturated heterocycles. The number of carbonyl (C=O) groups excluding carboxylic acids is 2. The van der Waals surface area contributed by atoms with E-state index in [2.05, 4.69) is 19.2 Å². The molecule has 5 nitrogen and oxygen atoms in total. The Morgan fingerprint density at radius 1 is 1.18 bits per heavy atom. The van der Waals surface area contributed by atoms with Crippen LogP contribution in [0.15, 0.2) is 0 Å². The van der Waals surface area contributed by atoms with Crippen LogP contribution >= 0.6 is 0 Å². The van der Waals surface area contributed by atoms with Gasteiger partial charge in [-0.25, -0.2) is 9.59 Å². The van der Waals surface area contributed by atoms with Crippen LogP contribution in [0, 0.1) is 11.8 Å². The number of carbonyl (C=O) groups is 2. The van der Waals surface area contributed by atoms with E-state index < -0.39 is 17.7 Å². The van der Waals surface area contributed by atoms with Gasteiger partial charge in [-0.15, -0.1) is 0 Å². The van der Waals surface area contributed by atoms with Crippen molar-refractivity contribution in [1.82, 2.24) is 5.32 Å². The molecule has 0 aromatic rings. The van der Waals surface area contributed by atoms with Crippen molar-refractivity contribution in [2.45, 2.75) is 78.4 Å². The summed E-state index contributed by atoms with van der Waals surface area (Å²) in [5.41, 5.74) is -0.576. The first-order valence-electron chi connectivity index (χ1n) is 8.41. The van der Waals surface area contributed by atoms with Gasteiger partial charge in [-0.05, 0) is 39.0 Å². The van der Waals surface area contributed by atoms with Gasteiger partial charge in [0.05, 0.1) is 6.61 Å². The molecule has 1 amide bonds. The van der Waals surface area contributed by atoms with Crippen LogP contribution in [0.1, 0.15) is 66.7 Å². The van der Waals surface area contributed by atoms with Crippen molar-refractivity contribution in [2.24, 2.45) is 11.8 Å². The molecular formula is C17H31NO4. The first-order valence-corrected chi connectivity index (χ1v) is 8.41. The van der Waals surface area contributed by atoms with Crippen molar-refractivity contribution in [3.63, 3.8) is 0 Å². The van der Waals surface area contributed by atoms with Crippen molar-refractivity contribution in [3.8, 4) is 0 Å². The summed E-state index contributed by atoms with van der Waals surface area (Å²) in [6.45, 7) is 9.99. The van der Waals surface area contributed by atoms with E-state index in [-0.39, 0.29) is 5.97 Å². The Bertz CT molecular complexity index is 367. The molecule has 0 aromatic carbocycles. The van der Waals surface area contributed by atoms with E-state index in [4.69, 9.17) is 9.47 Å². The van der Waals surface area contributed by atoms with Gasteiger partial charge >= 0.3 is 12.1 Å². The molecule has 1 N–H and O–H groups in total. The molecule has 0 unspecified atom stereocenters. The van der Waals surface area contributed by atoms with Crippen molar-refractivity contribution < 1.29 is 19.1 Å². The molecule has 0 radical (unpaired) electrons. The lowest BCUT2D eigenvalue weighted by molar-refractivity contribution is -0.148. The Morgan fingerprint density at radius 2 is 1.77 bits per heavy atom. The van der Waals surface area contributed by atoms with Crippen LogP contribution in [0.4, 0.5) is 4.79 Å². The maximum atomic E-state index is 12.3. The topological polar surface area (TPSA) is 64.6 Å². The van der Waals surface area contributed by atoms with Crippen molar-refractivity contribution >= 4 is 12.1 Å². The summed E-state index contributed by atoms with van der Waals surface area (Å²) in [7, 11) is 0. The Hall–Kier alpha value is -1.26. The minimum Gasteiger partial charge on any atom is -0.464 e. The summed E-state index contributed by atoms with van der Waals surface area (Å²) in [4.78, 5) is 24.1. The zero-order valence-electron chi connectivity index (χ0n) is 14.6. The smallest absolute Gasteiger partial charge is 0.408 e. The highest BCUT2D eigenvalue weighted by Gasteiger charge is 2.32. The Morgan fingerprint density at radius 3 is 2.23 bits per heavy atom. The van der Waals surface area contributed by atoms with Gasteiger partial charge in [0, 0.05) is 0 Å². The summed E-state index contributed by atoms with van der Waals surface area (Å²) in [6.07, 6.45) is 4.28. The number of hydrogen-bond acceptors (Lipinski definition) is 4. The highest BCUT2D eigenvalue weighted by molar-refractivity contribution is 5.81. The average molecular weight is 313 g/mol. The second-order valence-corrected chi connectivity index (χ2v) is 7.19. The van der Waals surface area contributed by atoms with Gasteiger partial charge in [0.1, 0.15) is 11.6 Å². The molecule has 22 heavy (non-hydrogen) atoms. The second-order valence-electron chi connectivity index (χ2n) is 7.19. The summed E-state index contributed by atoms with van der Waals surface area (Å²) < 4.78 is 10.6. The quantitative estimate of drug-likeness (QED) is 0.695. The lowest BCUT2D eigenvalue weighted by Crippen LogP contribution is -2.44. The van der Waals surface area contributed by atoms with Crippen molar-refractivity contribution in [1.29, 1.82) is 0 Å². The van der Waals surface area contributed by atoms with E-state index in [0.717, 1.165) is 25.7 Å². The highest BCUT2D eigenvalue weighted by atomic mass is 16.6. The highest BCUT2D eigenvalue weighted by Crippen LogP contribution is 2.33. The summed E-state index contributed by atoms with van der Waals surface area (Å²) in [5.74, 6) is 0.553. The first-order chi connectivity index (χ1) is 10.2. The average Bonchev–Trinajstić information content (AvgIpc) is 3.20. The number of rotatable bonds is 8. The van der Waals surface area contributed by atoms with Gasteiger partial charge in [-0.3, -0.25) is 0 Å². The van der Waals surface area contributed by atoms with Gasteiger partial charge in [0.2, 0.25) is 0 Å². The molecule has 1 rings (SSSR count). The molecule has 1 aliphatic rings. The fourth-order valence-corrected chi connectivity index (χ4v) is 2.18. The van der Waals surface area contributed by atoms with Crippen LogP contribution in [0.2, 0.25) is 0 Å². The molecule has 1 aliphatic carbocycles. The molecule has 0 bridgehead atoms. The molecule has 5 heteroatoms. The number of nitrogens with one attached hydrogen (secondary N) is 1. The number of ether oxygens (including phenoxy) is 2. The SMILES string of the molecule is CCC(CC)COC(=O)[C@H](CC1CC1)NC(=O)OC(C)(C)C. The van der Waals surface area contributed by atoms with E-state index in [1.165, 1.54) is 0 Å². The lowest BCUT2D eigenvalue weighted by Gasteiger charge is -2.23. The fraction of sp³-hybridized carbons (Fsp3) is 0.882. The third-order valence-corrected chi connectivity index (χ3v) is 3.86. The zero-order chi connectivity index (χ0) is 16.8. The molecule has 0 aromatic heterocycles. The van der Waals surface area contributed by atoms with Crippen molar-refractivity contribution in [2.75, 3.05) is 6.61 Å². The maximum absolute atomic E-state index is 12.3. The van der Waals surface area contributed by atoms with Crippen LogP contribution in [-0.4, -0.2) is 30.3 Å². The normalized spacial score (nSPS) is 16.3. The third-order valence-electron chi connectivity index (χ3n) is 3.86. The predicted octanol–water partition coefficient (Wildman–Crippen LogP) is 3.66. The van der Waals surface area contributed by atoms with E-state index in [9.17, 15) is 9.59 Å². The summed E-state index contributed by atoms with van der Waals surface area (Å²) >= 11 is 0. The van der Waals surface area contributed by atoms with Crippen LogP contribution in [0.5, 0.6) is 0 Å². The van der Waals surface area contributed by atoms with Gasteiger partial charge in [-0.2, -0.15) is 0 Å². The summed E-state index contributed by atoms with van der Waals surface area (Å²) in [6, 6.07) is -0.600. The number of alkyl carbamates (subject to hydrolysis) is 1. The lowest BCUT2D eigenvalue weighted by atomic mass is 10.1. The zero-order valence-corrected chi connectivity index (χ0v) is 14.6. The first kappa shape index (κ1) is 18.8. The Kier molecular flexibility index (Phi) is 7.17. The van der Waals surface area contributed by atoms with Crippen LogP contribution < -0.4 is 5.32 Å². The van der Waals surface area contributed by atoms with E-state index in [1.54, 1.807) is 20.8 Å². The molecule has 1 saturated carbocycles. The Balaban J connectivity index is 2.51. The Labute approximate surface area is 134 Å². The third kappa shape index (κ3) is 7.66. The molecule has 128 valence electrons. The minimum atomic E-state index is -0.600. The van der Waals surface area contributed by atoms with Crippen LogP contribution in [0.3, 0.4) is 0 Å². The molecule has 0 heterocycles. The monoisotopic (exact) mass is 313 g/mol. The second kappa shape index (κ2) is 8.39. The molecule has 0 aliphatic heterocycles. The van der Waals surface area contributed by atoms with Gasteiger partial charge in [0.15, 0.2) is 0 Å². The standard InChI is InChI=1S/C17H31NO4/c1-6-12(7-2)11-21-15(19)14(10-13-8-9-13)18-16(20)22-17(3,4)5/h12-14H,6-11H2,1-5H3,(H,18,20)/t14-/m0/s1. The minimum absolute atomic E-state index is 0.343. The van der Waals surface area contributed by atoms with E-state index in [1.807, 2.05) is 0 Å². The maximum Gasteiger partial charge on any atom is 0.408 e. The predicted molar refractivity (Wildman–Crippen MR) is 85.5 cm³/mol. The summed E-state index contributed by atoms with van der Waals surface area (Å²) in [5, 5.41) is 2.67. The van der Waals surface area contributed by atoms with E-state index >= 15 is 0 Å². The van der Waals surface area contributed by atoms with E-state index in [0.29, 0.717) is 24.9 Å². The largest absolute Gasteiger partial charge is 0.464 e. The fourth-order valence-electron chi connectivity index (χ4n) is 2.18. The van der Waals surface area contributed by atoms with Crippen LogP contribution in [-0.2, 0) is 14.3 Å². The van der Waals surface area contributed by atoms with Gasteiger partial charge in [0.25, 0.3) is 0 Å². The van der Waals surface area contributed by atoms with Crippen LogP contribution in [0.25, 0.3) is 0 Å². The van der Waals surface area contributed by atoms with Crippen molar-refractivity contribution in [3.05, 3.63) is 0 Å². The number of hydrogen-bond donors (Lipinski definition) is 1. The molecule has 0 spiro atoms. The van der Waals surface area contributed by atoms with Gasteiger partial charge in [-0.1, -0.05) is 39.5 Å². The molecule has 1 fully saturated rings. The van der Waals surface area contributed by atoms with Gasteiger partial charge < -0.3 is 14.8 Å². The molecular weight excluding hydrogens is 282 g/mol. The number of esters is 1. The molecule has 1 atom stereocenters.